The van der Waals surface area contributed by atoms with E-state index in [9.17, 15) is 9.59 Å². The number of ether oxygens (including phenoxy) is 1. The highest BCUT2D eigenvalue weighted by Crippen LogP contribution is 2.23. The number of rotatable bonds is 8. The molecule has 3 heteroatoms. The highest BCUT2D eigenvalue weighted by atomic mass is 16.6. The molecule has 0 N–H and O–H groups in total. The van der Waals surface area contributed by atoms with E-state index < -0.39 is 11.6 Å². The fourth-order valence-electron chi connectivity index (χ4n) is 2.83. The van der Waals surface area contributed by atoms with Crippen LogP contribution in [-0.4, -0.2) is 17.4 Å². The van der Waals surface area contributed by atoms with Crippen molar-refractivity contribution in [3.63, 3.8) is 0 Å². The van der Waals surface area contributed by atoms with Crippen molar-refractivity contribution in [3.8, 4) is 0 Å². The van der Waals surface area contributed by atoms with Gasteiger partial charge in [-0.3, -0.25) is 9.59 Å². The molecule has 0 aliphatic heterocycles. The van der Waals surface area contributed by atoms with Crippen molar-refractivity contribution in [2.24, 2.45) is 0 Å². The minimum atomic E-state index is -0.776. The van der Waals surface area contributed by atoms with Crippen molar-refractivity contribution >= 4 is 22.5 Å². The molecule has 2 aromatic rings. The van der Waals surface area contributed by atoms with Crippen molar-refractivity contribution in [1.82, 2.24) is 0 Å². The number of carbonyl (C=O) groups excluding carboxylic acids is 2. The number of fused-ring (bicyclic) bond motifs is 1. The lowest BCUT2D eigenvalue weighted by Gasteiger charge is -2.25. The first-order valence-corrected chi connectivity index (χ1v) is 8.84. The van der Waals surface area contributed by atoms with Gasteiger partial charge in [-0.1, -0.05) is 60.7 Å². The molecule has 0 heterocycles. The number of allylic oxidation sites excluding steroid dienone is 2. The Labute approximate surface area is 155 Å². The smallest absolute Gasteiger partial charge is 0.314 e. The zero-order chi connectivity index (χ0) is 19.2. The van der Waals surface area contributed by atoms with Gasteiger partial charge in [0.05, 0.1) is 0 Å². The van der Waals surface area contributed by atoms with Crippen molar-refractivity contribution in [3.05, 3.63) is 72.3 Å². The van der Waals surface area contributed by atoms with Gasteiger partial charge in [0, 0.05) is 5.56 Å². The molecular formula is C23H26O3. The molecule has 0 radical (unpaired) electrons. The summed E-state index contributed by atoms with van der Waals surface area (Å²) >= 11 is 0. The van der Waals surface area contributed by atoms with Gasteiger partial charge in [0.15, 0.2) is 5.78 Å². The lowest BCUT2D eigenvalue weighted by atomic mass is 9.98. The van der Waals surface area contributed by atoms with Crippen LogP contribution in [0.25, 0.3) is 10.8 Å². The van der Waals surface area contributed by atoms with Gasteiger partial charge < -0.3 is 4.74 Å². The van der Waals surface area contributed by atoms with Crippen molar-refractivity contribution < 1.29 is 14.3 Å². The Balaban J connectivity index is 2.07. The van der Waals surface area contributed by atoms with Gasteiger partial charge in [-0.15, -0.1) is 0 Å². The van der Waals surface area contributed by atoms with Gasteiger partial charge >= 0.3 is 5.97 Å². The monoisotopic (exact) mass is 350 g/mol. The molecule has 0 bridgehead atoms. The number of esters is 1. The number of ketones is 1. The molecule has 0 saturated carbocycles. The lowest BCUT2D eigenvalue weighted by Crippen LogP contribution is -2.30. The Bertz CT molecular complexity index is 838. The van der Waals surface area contributed by atoms with E-state index in [4.69, 9.17) is 4.74 Å². The molecule has 2 aromatic carbocycles. The lowest BCUT2D eigenvalue weighted by molar-refractivity contribution is -0.153. The van der Waals surface area contributed by atoms with Crippen LogP contribution in [0.4, 0.5) is 0 Å². The van der Waals surface area contributed by atoms with E-state index in [1.807, 2.05) is 57.2 Å². The third-order valence-corrected chi connectivity index (χ3v) is 4.37. The second kappa shape index (κ2) is 8.61. The van der Waals surface area contributed by atoms with Crippen LogP contribution in [0.5, 0.6) is 0 Å². The molecule has 2 rings (SSSR count). The van der Waals surface area contributed by atoms with E-state index in [0.29, 0.717) is 12.0 Å². The van der Waals surface area contributed by atoms with Crippen LogP contribution in [0.3, 0.4) is 0 Å². The zero-order valence-corrected chi connectivity index (χ0v) is 15.7. The Morgan fingerprint density at radius 3 is 2.50 bits per heavy atom. The molecular weight excluding hydrogens is 324 g/mol. The highest BCUT2D eigenvalue weighted by Gasteiger charge is 2.26. The summed E-state index contributed by atoms with van der Waals surface area (Å²) in [5, 5.41) is 1.83. The third kappa shape index (κ3) is 5.16. The van der Waals surface area contributed by atoms with Crippen LogP contribution >= 0.6 is 0 Å². The van der Waals surface area contributed by atoms with Crippen molar-refractivity contribution in [1.29, 1.82) is 0 Å². The summed E-state index contributed by atoms with van der Waals surface area (Å²) in [5.41, 5.74) is 0.987. The molecule has 136 valence electrons. The van der Waals surface area contributed by atoms with Gasteiger partial charge in [0.2, 0.25) is 0 Å². The SMILES string of the molecule is C=C[C@](C)(CCC=C(C)C)OC(=O)CC(=O)c1cccc2ccccc12. The Hall–Kier alpha value is -2.68. The van der Waals surface area contributed by atoms with Crippen LogP contribution < -0.4 is 0 Å². The summed E-state index contributed by atoms with van der Waals surface area (Å²) < 4.78 is 5.57. The fourth-order valence-corrected chi connectivity index (χ4v) is 2.83. The molecule has 0 aliphatic rings. The van der Waals surface area contributed by atoms with Gasteiger partial charge in [0.25, 0.3) is 0 Å². The molecule has 26 heavy (non-hydrogen) atoms. The average molecular weight is 350 g/mol. The summed E-state index contributed by atoms with van der Waals surface area (Å²) in [6.07, 6.45) is 4.87. The number of hydrogen-bond acceptors (Lipinski definition) is 3. The van der Waals surface area contributed by atoms with E-state index in [-0.39, 0.29) is 12.2 Å². The summed E-state index contributed by atoms with van der Waals surface area (Å²) in [6, 6.07) is 13.2. The maximum atomic E-state index is 12.6. The summed E-state index contributed by atoms with van der Waals surface area (Å²) in [4.78, 5) is 24.9. The molecule has 1 atom stereocenters. The molecule has 0 unspecified atom stereocenters. The minimum absolute atomic E-state index is 0.234. The van der Waals surface area contributed by atoms with Gasteiger partial charge in [-0.2, -0.15) is 0 Å². The molecule has 3 nitrogen and oxygen atoms in total. The second-order valence-corrected chi connectivity index (χ2v) is 6.94. The minimum Gasteiger partial charge on any atom is -0.455 e. The normalized spacial score (nSPS) is 12.9. The van der Waals surface area contributed by atoms with E-state index in [0.717, 1.165) is 17.2 Å². The molecule has 0 aliphatic carbocycles. The van der Waals surface area contributed by atoms with Gasteiger partial charge in [-0.05, 0) is 50.5 Å². The first-order valence-electron chi connectivity index (χ1n) is 8.84. The average Bonchev–Trinajstić information content (AvgIpc) is 2.60. The van der Waals surface area contributed by atoms with E-state index >= 15 is 0 Å². The van der Waals surface area contributed by atoms with Crippen LogP contribution in [0.2, 0.25) is 0 Å². The van der Waals surface area contributed by atoms with Crippen LogP contribution in [-0.2, 0) is 9.53 Å². The van der Waals surface area contributed by atoms with Crippen LogP contribution in [0, 0.1) is 0 Å². The van der Waals surface area contributed by atoms with Crippen LogP contribution in [0.15, 0.2) is 66.8 Å². The molecule has 0 spiro atoms. The molecule has 0 fully saturated rings. The first kappa shape index (κ1) is 19.6. The number of benzene rings is 2. The quantitative estimate of drug-likeness (QED) is 0.267. The van der Waals surface area contributed by atoms with E-state index in [2.05, 4.69) is 12.7 Å². The number of hydrogen-bond donors (Lipinski definition) is 0. The first-order chi connectivity index (χ1) is 12.3. The predicted molar refractivity (Wildman–Crippen MR) is 106 cm³/mol. The van der Waals surface area contributed by atoms with Gasteiger partial charge in [-0.25, -0.2) is 0 Å². The Morgan fingerprint density at radius 1 is 1.12 bits per heavy atom. The van der Waals surface area contributed by atoms with E-state index in [1.54, 1.807) is 12.1 Å². The van der Waals surface area contributed by atoms with Crippen LogP contribution in [0.1, 0.15) is 50.4 Å². The standard InChI is InChI=1S/C23H26O3/c1-5-23(4,15-9-10-17(2)3)26-22(25)16-21(24)20-14-8-12-18-11-6-7-13-19(18)20/h5-8,10-14H,1,9,15-16H2,2-4H3/t23-/m1/s1. The third-order valence-electron chi connectivity index (χ3n) is 4.37. The summed E-state index contributed by atoms with van der Waals surface area (Å²) in [5.74, 6) is -0.759. The largest absolute Gasteiger partial charge is 0.455 e. The maximum Gasteiger partial charge on any atom is 0.314 e. The van der Waals surface area contributed by atoms with Crippen molar-refractivity contribution in [2.45, 2.75) is 45.6 Å². The second-order valence-electron chi connectivity index (χ2n) is 6.94. The molecule has 0 aromatic heterocycles. The maximum absolute atomic E-state index is 12.6. The fraction of sp³-hybridized carbons (Fsp3) is 0.304. The molecule has 0 amide bonds. The predicted octanol–water partition coefficient (Wildman–Crippen LogP) is 5.65. The summed E-state index contributed by atoms with van der Waals surface area (Å²) in [7, 11) is 0. The number of carbonyl (C=O) groups is 2. The Kier molecular flexibility index (Phi) is 6.51. The van der Waals surface area contributed by atoms with Crippen molar-refractivity contribution in [2.75, 3.05) is 0 Å². The summed E-state index contributed by atoms with van der Waals surface area (Å²) in [6.45, 7) is 9.65. The molecule has 0 saturated heterocycles. The topological polar surface area (TPSA) is 43.4 Å². The highest BCUT2D eigenvalue weighted by molar-refractivity contribution is 6.13. The number of Topliss-reactive ketones (excluding diaryl/α,β-unsaturated/α-hetero) is 1. The zero-order valence-electron chi connectivity index (χ0n) is 15.7. The van der Waals surface area contributed by atoms with Gasteiger partial charge in [0.1, 0.15) is 12.0 Å². The van der Waals surface area contributed by atoms with E-state index in [1.165, 1.54) is 5.57 Å². The Morgan fingerprint density at radius 2 is 1.81 bits per heavy atom.